The van der Waals surface area contributed by atoms with Gasteiger partial charge in [0.05, 0.1) is 6.04 Å². The first-order valence-corrected chi connectivity index (χ1v) is 9.85. The van der Waals surface area contributed by atoms with Crippen molar-refractivity contribution in [3.8, 4) is 0 Å². The first kappa shape index (κ1) is 22.8. The summed E-state index contributed by atoms with van der Waals surface area (Å²) < 4.78 is 0. The largest absolute Gasteiger partial charge is 0.370 e. The van der Waals surface area contributed by atoms with Crippen molar-refractivity contribution >= 4 is 23.5 Å². The van der Waals surface area contributed by atoms with Gasteiger partial charge in [-0.25, -0.2) is 0 Å². The number of rotatable bonds is 11. The van der Waals surface area contributed by atoms with E-state index in [-0.39, 0.29) is 36.9 Å². The Kier molecular flexibility index (Phi) is 8.75. The van der Waals surface area contributed by atoms with Crippen LogP contribution in [0.2, 0.25) is 0 Å². The van der Waals surface area contributed by atoms with Crippen molar-refractivity contribution in [2.24, 2.45) is 5.73 Å². The second kappa shape index (κ2) is 11.5. The van der Waals surface area contributed by atoms with E-state index in [4.69, 9.17) is 5.73 Å². The van der Waals surface area contributed by atoms with E-state index < -0.39 is 18.0 Å². The first-order valence-electron chi connectivity index (χ1n) is 9.85. The Morgan fingerprint density at radius 2 is 1.47 bits per heavy atom. The number of amides is 3. The van der Waals surface area contributed by atoms with Crippen LogP contribution in [0.3, 0.4) is 0 Å². The predicted octanol–water partition coefficient (Wildman–Crippen LogP) is 1.76. The summed E-state index contributed by atoms with van der Waals surface area (Å²) >= 11 is 0. The predicted molar refractivity (Wildman–Crippen MR) is 113 cm³/mol. The molecule has 2 aromatic carbocycles. The molecule has 0 unspecified atom stereocenters. The average Bonchev–Trinajstić information content (AvgIpc) is 2.72. The lowest BCUT2D eigenvalue weighted by Crippen LogP contribution is -2.43. The number of hydrogen-bond donors (Lipinski definition) is 3. The Labute approximate surface area is 176 Å². The molecule has 0 fully saturated rings. The maximum atomic E-state index is 12.8. The molecule has 0 aliphatic carbocycles. The maximum absolute atomic E-state index is 12.8. The van der Waals surface area contributed by atoms with Crippen LogP contribution in [-0.2, 0) is 20.8 Å². The Bertz CT molecular complexity index is 869. The molecule has 0 radical (unpaired) electrons. The molecule has 3 amide bonds. The average molecular weight is 409 g/mol. The van der Waals surface area contributed by atoms with Gasteiger partial charge in [0.2, 0.25) is 11.8 Å². The zero-order valence-electron chi connectivity index (χ0n) is 17.0. The summed E-state index contributed by atoms with van der Waals surface area (Å²) in [7, 11) is 0. The van der Waals surface area contributed by atoms with Crippen molar-refractivity contribution in [3.05, 3.63) is 71.8 Å². The highest BCUT2D eigenvalue weighted by Crippen LogP contribution is 2.09. The van der Waals surface area contributed by atoms with E-state index in [1.54, 1.807) is 37.3 Å². The molecule has 0 aliphatic rings. The molecule has 30 heavy (non-hydrogen) atoms. The van der Waals surface area contributed by atoms with Crippen LogP contribution in [0, 0.1) is 0 Å². The lowest BCUT2D eigenvalue weighted by atomic mass is 9.99. The molecule has 158 valence electrons. The summed E-state index contributed by atoms with van der Waals surface area (Å²) in [6.45, 7) is 1.67. The Balaban J connectivity index is 2.00. The first-order chi connectivity index (χ1) is 14.3. The van der Waals surface area contributed by atoms with Crippen molar-refractivity contribution in [1.29, 1.82) is 0 Å². The number of benzene rings is 2. The monoisotopic (exact) mass is 409 g/mol. The molecule has 2 atom stereocenters. The van der Waals surface area contributed by atoms with Gasteiger partial charge in [0.15, 0.2) is 5.78 Å². The fourth-order valence-corrected chi connectivity index (χ4v) is 3.04. The molecule has 0 bridgehead atoms. The summed E-state index contributed by atoms with van der Waals surface area (Å²) in [6.07, 6.45) is 0.303. The van der Waals surface area contributed by atoms with Crippen LogP contribution in [0.1, 0.15) is 42.1 Å². The SMILES string of the molecule is C[C@H](CC(N)=O)NC(=O)CCC(=O)[C@H](Cc1ccccc1)NC(=O)c1ccccc1. The smallest absolute Gasteiger partial charge is 0.251 e. The van der Waals surface area contributed by atoms with Crippen molar-refractivity contribution in [2.75, 3.05) is 0 Å². The van der Waals surface area contributed by atoms with Crippen LogP contribution in [-0.4, -0.2) is 35.6 Å². The third kappa shape index (κ3) is 7.87. The number of nitrogens with two attached hydrogens (primary N) is 1. The Morgan fingerprint density at radius 1 is 0.867 bits per heavy atom. The van der Waals surface area contributed by atoms with Crippen LogP contribution in [0.15, 0.2) is 60.7 Å². The molecule has 0 saturated carbocycles. The minimum absolute atomic E-state index is 0.0261. The fourth-order valence-electron chi connectivity index (χ4n) is 3.04. The van der Waals surface area contributed by atoms with Gasteiger partial charge in [-0.05, 0) is 31.0 Å². The molecule has 7 heteroatoms. The molecule has 0 aliphatic heterocycles. The standard InChI is InChI=1S/C23H27N3O4/c1-16(14-21(24)28)25-22(29)13-12-20(27)19(15-17-8-4-2-5-9-17)26-23(30)18-10-6-3-7-11-18/h2-11,16,19H,12-15H2,1H3,(H2,24,28)(H,25,29)(H,26,30)/t16-,19+/m1/s1. The highest BCUT2D eigenvalue weighted by molar-refractivity contribution is 5.98. The third-order valence-corrected chi connectivity index (χ3v) is 4.53. The van der Waals surface area contributed by atoms with Gasteiger partial charge < -0.3 is 16.4 Å². The van der Waals surface area contributed by atoms with Crippen LogP contribution < -0.4 is 16.4 Å². The topological polar surface area (TPSA) is 118 Å². The number of primary amides is 1. The number of ketones is 1. The molecule has 0 spiro atoms. The molecule has 2 rings (SSSR count). The summed E-state index contributed by atoms with van der Waals surface area (Å²) in [5.41, 5.74) is 6.48. The van der Waals surface area contributed by atoms with Crippen molar-refractivity contribution in [3.63, 3.8) is 0 Å². The summed E-state index contributed by atoms with van der Waals surface area (Å²) in [4.78, 5) is 48.3. The lowest BCUT2D eigenvalue weighted by Gasteiger charge is -2.18. The maximum Gasteiger partial charge on any atom is 0.251 e. The minimum atomic E-state index is -0.754. The lowest BCUT2D eigenvalue weighted by molar-refractivity contribution is -0.127. The van der Waals surface area contributed by atoms with Crippen LogP contribution in [0.5, 0.6) is 0 Å². The zero-order valence-corrected chi connectivity index (χ0v) is 17.0. The molecule has 0 saturated heterocycles. The van der Waals surface area contributed by atoms with Crippen molar-refractivity contribution in [1.82, 2.24) is 10.6 Å². The van der Waals surface area contributed by atoms with Gasteiger partial charge in [0.1, 0.15) is 0 Å². The van der Waals surface area contributed by atoms with Crippen LogP contribution in [0.25, 0.3) is 0 Å². The van der Waals surface area contributed by atoms with E-state index in [0.717, 1.165) is 5.56 Å². The summed E-state index contributed by atoms with van der Waals surface area (Å²) in [5.74, 6) is -1.43. The number of hydrogen-bond acceptors (Lipinski definition) is 4. The van der Waals surface area contributed by atoms with Gasteiger partial charge in [-0.15, -0.1) is 0 Å². The summed E-state index contributed by atoms with van der Waals surface area (Å²) in [5, 5.41) is 5.43. The number of carbonyl (C=O) groups is 4. The highest BCUT2D eigenvalue weighted by Gasteiger charge is 2.23. The Hall–Kier alpha value is -3.48. The number of nitrogens with one attached hydrogen (secondary N) is 2. The van der Waals surface area contributed by atoms with Gasteiger partial charge in [0, 0.05) is 30.9 Å². The van der Waals surface area contributed by atoms with E-state index in [0.29, 0.717) is 12.0 Å². The summed E-state index contributed by atoms with van der Waals surface area (Å²) in [6, 6.07) is 16.9. The third-order valence-electron chi connectivity index (χ3n) is 4.53. The second-order valence-electron chi connectivity index (χ2n) is 7.19. The van der Waals surface area contributed by atoms with Gasteiger partial charge in [0.25, 0.3) is 5.91 Å². The molecule has 0 aromatic heterocycles. The quantitative estimate of drug-likeness (QED) is 0.524. The Morgan fingerprint density at radius 3 is 2.07 bits per heavy atom. The van der Waals surface area contributed by atoms with Gasteiger partial charge in [-0.2, -0.15) is 0 Å². The molecule has 4 N–H and O–H groups in total. The van der Waals surface area contributed by atoms with E-state index in [9.17, 15) is 19.2 Å². The molecular weight excluding hydrogens is 382 g/mol. The van der Waals surface area contributed by atoms with Gasteiger partial charge in [-0.3, -0.25) is 19.2 Å². The van der Waals surface area contributed by atoms with E-state index in [1.165, 1.54) is 0 Å². The highest BCUT2D eigenvalue weighted by atomic mass is 16.2. The van der Waals surface area contributed by atoms with E-state index in [1.807, 2.05) is 30.3 Å². The second-order valence-corrected chi connectivity index (χ2v) is 7.19. The van der Waals surface area contributed by atoms with Crippen molar-refractivity contribution in [2.45, 2.75) is 44.7 Å². The fraction of sp³-hybridized carbons (Fsp3) is 0.304. The molecule has 7 nitrogen and oxygen atoms in total. The van der Waals surface area contributed by atoms with Gasteiger partial charge >= 0.3 is 0 Å². The number of carbonyl (C=O) groups excluding carboxylic acids is 4. The van der Waals surface area contributed by atoms with E-state index in [2.05, 4.69) is 10.6 Å². The molecular formula is C23H27N3O4. The minimum Gasteiger partial charge on any atom is -0.370 e. The van der Waals surface area contributed by atoms with E-state index >= 15 is 0 Å². The van der Waals surface area contributed by atoms with Gasteiger partial charge in [-0.1, -0.05) is 48.5 Å². The van der Waals surface area contributed by atoms with Crippen LogP contribution >= 0.6 is 0 Å². The molecule has 2 aromatic rings. The molecule has 0 heterocycles. The van der Waals surface area contributed by atoms with Crippen LogP contribution in [0.4, 0.5) is 0 Å². The normalized spacial score (nSPS) is 12.4. The van der Waals surface area contributed by atoms with Crippen molar-refractivity contribution < 1.29 is 19.2 Å². The number of Topliss-reactive ketones (excluding diaryl/α,β-unsaturated/α-hetero) is 1. The zero-order chi connectivity index (χ0) is 21.9.